The fraction of sp³-hybridized carbons (Fsp3) is 0.381. The summed E-state index contributed by atoms with van der Waals surface area (Å²) in [6, 6.07) is 12.2. The Morgan fingerprint density at radius 2 is 1.56 bits per heavy atom. The van der Waals surface area contributed by atoms with E-state index in [1.807, 2.05) is 58.0 Å². The first kappa shape index (κ1) is 21.0. The van der Waals surface area contributed by atoms with Gasteiger partial charge in [0.25, 0.3) is 0 Å². The van der Waals surface area contributed by atoms with Gasteiger partial charge in [-0.1, -0.05) is 35.9 Å². The van der Waals surface area contributed by atoms with Crippen LogP contribution in [-0.2, 0) is 14.8 Å². The molecule has 5 nitrogen and oxygen atoms in total. The van der Waals surface area contributed by atoms with Gasteiger partial charge in [-0.25, -0.2) is 8.42 Å². The van der Waals surface area contributed by atoms with Gasteiger partial charge in [0.2, 0.25) is 15.9 Å². The summed E-state index contributed by atoms with van der Waals surface area (Å²) in [5.41, 5.74) is 4.65. The van der Waals surface area contributed by atoms with Gasteiger partial charge < -0.3 is 5.32 Å². The van der Waals surface area contributed by atoms with Crippen LogP contribution in [-0.4, -0.2) is 26.6 Å². The average molecular weight is 389 g/mol. The minimum atomic E-state index is -3.63. The molecule has 0 aliphatic carbocycles. The number of hydrogen-bond acceptors (Lipinski definition) is 3. The van der Waals surface area contributed by atoms with E-state index in [1.54, 1.807) is 19.1 Å². The predicted molar refractivity (Wildman–Crippen MR) is 110 cm³/mol. The highest BCUT2D eigenvalue weighted by Gasteiger charge is 2.30. The Bertz CT molecular complexity index is 921. The second kappa shape index (κ2) is 8.13. The molecule has 0 unspecified atom stereocenters. The van der Waals surface area contributed by atoms with Crippen LogP contribution in [0.15, 0.2) is 42.5 Å². The number of aryl methyl sites for hydroxylation is 3. The van der Waals surface area contributed by atoms with E-state index in [1.165, 1.54) is 4.31 Å². The molecule has 0 radical (unpaired) electrons. The van der Waals surface area contributed by atoms with Gasteiger partial charge in [-0.3, -0.25) is 9.10 Å². The van der Waals surface area contributed by atoms with E-state index >= 15 is 0 Å². The second-order valence-corrected chi connectivity index (χ2v) is 9.00. The normalized spacial score (nSPS) is 13.7. The van der Waals surface area contributed by atoms with Crippen molar-refractivity contribution in [1.82, 2.24) is 5.32 Å². The van der Waals surface area contributed by atoms with Crippen LogP contribution >= 0.6 is 0 Å². The van der Waals surface area contributed by atoms with Gasteiger partial charge in [0.15, 0.2) is 0 Å². The smallest absolute Gasteiger partial charge is 0.244 e. The molecule has 2 atom stereocenters. The molecule has 0 saturated carbocycles. The molecule has 1 N–H and O–H groups in total. The molecular weight excluding hydrogens is 360 g/mol. The first-order valence-corrected chi connectivity index (χ1v) is 10.8. The van der Waals surface area contributed by atoms with Crippen molar-refractivity contribution in [2.75, 3.05) is 10.6 Å². The van der Waals surface area contributed by atoms with Crippen molar-refractivity contribution in [3.8, 4) is 0 Å². The molecule has 0 aliphatic rings. The van der Waals surface area contributed by atoms with Crippen molar-refractivity contribution in [3.05, 3.63) is 64.7 Å². The topological polar surface area (TPSA) is 66.5 Å². The minimum Gasteiger partial charge on any atom is -0.348 e. The Labute approximate surface area is 162 Å². The zero-order valence-electron chi connectivity index (χ0n) is 16.8. The number of carbonyl (C=O) groups excluding carboxylic acids is 1. The van der Waals surface area contributed by atoms with Crippen molar-refractivity contribution in [2.45, 2.75) is 46.7 Å². The molecule has 0 fully saturated rings. The molecule has 0 bridgehead atoms. The third-order valence-electron chi connectivity index (χ3n) is 4.77. The van der Waals surface area contributed by atoms with E-state index < -0.39 is 16.1 Å². The summed E-state index contributed by atoms with van der Waals surface area (Å²) in [7, 11) is -3.63. The van der Waals surface area contributed by atoms with Crippen LogP contribution < -0.4 is 9.62 Å². The molecule has 0 spiro atoms. The van der Waals surface area contributed by atoms with Crippen molar-refractivity contribution in [3.63, 3.8) is 0 Å². The number of anilines is 1. The van der Waals surface area contributed by atoms with Crippen LogP contribution in [0.2, 0.25) is 0 Å². The third-order valence-corrected chi connectivity index (χ3v) is 6.01. The molecule has 0 aliphatic heterocycles. The summed E-state index contributed by atoms with van der Waals surface area (Å²) in [4.78, 5) is 12.8. The van der Waals surface area contributed by atoms with Gasteiger partial charge >= 0.3 is 0 Å². The maximum atomic E-state index is 12.8. The molecule has 27 heavy (non-hydrogen) atoms. The van der Waals surface area contributed by atoms with Crippen molar-refractivity contribution in [1.29, 1.82) is 0 Å². The van der Waals surface area contributed by atoms with Crippen LogP contribution in [0.25, 0.3) is 0 Å². The summed E-state index contributed by atoms with van der Waals surface area (Å²) in [5, 5.41) is 2.92. The third kappa shape index (κ3) is 5.10. The maximum Gasteiger partial charge on any atom is 0.244 e. The highest BCUT2D eigenvalue weighted by atomic mass is 32.2. The van der Waals surface area contributed by atoms with Crippen LogP contribution in [0.4, 0.5) is 5.69 Å². The Morgan fingerprint density at radius 3 is 2.07 bits per heavy atom. The molecule has 2 aromatic carbocycles. The molecular formula is C21H28N2O3S. The first-order valence-electron chi connectivity index (χ1n) is 8.94. The summed E-state index contributed by atoms with van der Waals surface area (Å²) in [5.74, 6) is -0.341. The molecule has 0 heterocycles. The lowest BCUT2D eigenvalue weighted by atomic mass is 10.1. The SMILES string of the molecule is Cc1ccc([C@H](C)NC(=O)[C@H](C)N(c2ccc(C)c(C)c2)S(C)(=O)=O)cc1. The zero-order chi connectivity index (χ0) is 20.4. The highest BCUT2D eigenvalue weighted by Crippen LogP contribution is 2.24. The minimum absolute atomic E-state index is 0.221. The lowest BCUT2D eigenvalue weighted by molar-refractivity contribution is -0.122. The van der Waals surface area contributed by atoms with Gasteiger partial charge in [0.05, 0.1) is 18.0 Å². The fourth-order valence-corrected chi connectivity index (χ4v) is 4.11. The summed E-state index contributed by atoms with van der Waals surface area (Å²) >= 11 is 0. The van der Waals surface area contributed by atoms with Crippen LogP contribution in [0.1, 0.15) is 42.1 Å². The van der Waals surface area contributed by atoms with Crippen LogP contribution in [0.3, 0.4) is 0 Å². The largest absolute Gasteiger partial charge is 0.348 e. The lowest BCUT2D eigenvalue weighted by Gasteiger charge is -2.29. The van der Waals surface area contributed by atoms with E-state index in [0.717, 1.165) is 28.5 Å². The molecule has 6 heteroatoms. The Morgan fingerprint density at radius 1 is 0.963 bits per heavy atom. The second-order valence-electron chi connectivity index (χ2n) is 7.14. The number of nitrogens with one attached hydrogen (secondary N) is 1. The van der Waals surface area contributed by atoms with E-state index in [2.05, 4.69) is 5.32 Å². The average Bonchev–Trinajstić information content (AvgIpc) is 2.57. The monoisotopic (exact) mass is 388 g/mol. The standard InChI is InChI=1S/C21H28N2O3S/c1-14-7-10-19(11-8-14)17(4)22-21(24)18(5)23(27(6,25)26)20-12-9-15(2)16(3)13-20/h7-13,17-18H,1-6H3,(H,22,24)/t17-,18-/m0/s1. The summed E-state index contributed by atoms with van der Waals surface area (Å²) in [6.45, 7) is 9.37. The molecule has 2 aromatic rings. The number of hydrogen-bond donors (Lipinski definition) is 1. The van der Waals surface area contributed by atoms with Gasteiger partial charge in [-0.15, -0.1) is 0 Å². The van der Waals surface area contributed by atoms with Crippen LogP contribution in [0.5, 0.6) is 0 Å². The first-order chi connectivity index (χ1) is 12.5. The van der Waals surface area contributed by atoms with Gasteiger partial charge in [0.1, 0.15) is 6.04 Å². The van der Waals surface area contributed by atoms with E-state index in [-0.39, 0.29) is 11.9 Å². The number of carbonyl (C=O) groups is 1. The fourth-order valence-electron chi connectivity index (χ4n) is 2.94. The Kier molecular flexibility index (Phi) is 6.31. The number of benzene rings is 2. The van der Waals surface area contributed by atoms with Crippen LogP contribution in [0, 0.1) is 20.8 Å². The van der Waals surface area contributed by atoms with Gasteiger partial charge in [-0.05, 0) is 63.4 Å². The van der Waals surface area contributed by atoms with E-state index in [9.17, 15) is 13.2 Å². The van der Waals surface area contributed by atoms with E-state index in [0.29, 0.717) is 5.69 Å². The molecule has 1 amide bonds. The van der Waals surface area contributed by atoms with Crippen molar-refractivity contribution in [2.24, 2.45) is 0 Å². The Balaban J connectivity index is 2.26. The number of amides is 1. The zero-order valence-corrected chi connectivity index (χ0v) is 17.6. The maximum absolute atomic E-state index is 12.8. The lowest BCUT2D eigenvalue weighted by Crippen LogP contribution is -2.48. The highest BCUT2D eigenvalue weighted by molar-refractivity contribution is 7.92. The van der Waals surface area contributed by atoms with Crippen molar-refractivity contribution >= 4 is 21.6 Å². The van der Waals surface area contributed by atoms with Gasteiger partial charge in [0, 0.05) is 0 Å². The number of sulfonamides is 1. The summed E-state index contributed by atoms with van der Waals surface area (Å²) < 4.78 is 26.0. The van der Waals surface area contributed by atoms with Crippen molar-refractivity contribution < 1.29 is 13.2 Å². The Hall–Kier alpha value is -2.34. The summed E-state index contributed by atoms with van der Waals surface area (Å²) in [6.07, 6.45) is 1.12. The number of nitrogens with zero attached hydrogens (tertiary/aromatic N) is 1. The molecule has 2 rings (SSSR count). The molecule has 0 aromatic heterocycles. The number of rotatable bonds is 6. The quantitative estimate of drug-likeness (QED) is 0.821. The molecule has 146 valence electrons. The van der Waals surface area contributed by atoms with E-state index in [4.69, 9.17) is 0 Å². The predicted octanol–water partition coefficient (Wildman–Crippen LogP) is 3.64. The molecule has 0 saturated heterocycles. The van der Waals surface area contributed by atoms with Gasteiger partial charge in [-0.2, -0.15) is 0 Å².